The summed E-state index contributed by atoms with van der Waals surface area (Å²) in [6.45, 7) is 2.85. The highest BCUT2D eigenvalue weighted by atomic mass is 16.1. The molecule has 2 atom stereocenters. The fourth-order valence-electron chi connectivity index (χ4n) is 3.08. The van der Waals surface area contributed by atoms with E-state index in [9.17, 15) is 4.79 Å². The number of nitrogens with two attached hydrogens (primary N) is 2. The summed E-state index contributed by atoms with van der Waals surface area (Å²) in [7, 11) is 0. The Morgan fingerprint density at radius 2 is 2.14 bits per heavy atom. The number of hydrogen-bond donors (Lipinski definition) is 2. The predicted molar refractivity (Wildman–Crippen MR) is 84.9 cm³/mol. The van der Waals surface area contributed by atoms with E-state index in [1.807, 2.05) is 24.3 Å². The molecule has 0 radical (unpaired) electrons. The smallest absolute Gasteiger partial charge is 0.222 e. The Labute approximate surface area is 123 Å². The number of benzene rings is 1. The number of pyridine rings is 1. The first-order valence-corrected chi connectivity index (χ1v) is 7.26. The molecular formula is C16H20N4O. The minimum Gasteiger partial charge on any atom is -0.399 e. The van der Waals surface area contributed by atoms with Crippen LogP contribution in [0, 0.1) is 5.92 Å². The minimum atomic E-state index is -0.213. The molecule has 1 aliphatic rings. The number of hydrogen-bond acceptors (Lipinski definition) is 4. The fourth-order valence-corrected chi connectivity index (χ4v) is 3.08. The highest BCUT2D eigenvalue weighted by molar-refractivity contribution is 5.93. The number of rotatable bonds is 2. The van der Waals surface area contributed by atoms with Gasteiger partial charge < -0.3 is 16.4 Å². The van der Waals surface area contributed by atoms with Crippen molar-refractivity contribution in [1.82, 2.24) is 4.98 Å². The van der Waals surface area contributed by atoms with Crippen LogP contribution >= 0.6 is 0 Å². The van der Waals surface area contributed by atoms with E-state index in [0.29, 0.717) is 18.3 Å². The topological polar surface area (TPSA) is 85.2 Å². The summed E-state index contributed by atoms with van der Waals surface area (Å²) in [5.41, 5.74) is 14.0. The molecule has 1 aromatic heterocycles. The van der Waals surface area contributed by atoms with Gasteiger partial charge in [-0.25, -0.2) is 0 Å². The van der Waals surface area contributed by atoms with Crippen LogP contribution in [0.3, 0.4) is 0 Å². The molecule has 21 heavy (non-hydrogen) atoms. The number of nitrogen functional groups attached to an aromatic ring is 1. The summed E-state index contributed by atoms with van der Waals surface area (Å²) in [4.78, 5) is 18.2. The Morgan fingerprint density at radius 1 is 1.33 bits per heavy atom. The molecule has 2 unspecified atom stereocenters. The van der Waals surface area contributed by atoms with Gasteiger partial charge in [-0.1, -0.05) is 0 Å². The van der Waals surface area contributed by atoms with Crippen molar-refractivity contribution in [3.8, 4) is 0 Å². The lowest BCUT2D eigenvalue weighted by Crippen LogP contribution is -2.46. The van der Waals surface area contributed by atoms with Crippen molar-refractivity contribution in [1.29, 1.82) is 0 Å². The molecule has 0 saturated carbocycles. The number of primary amides is 1. The average Bonchev–Trinajstić information content (AvgIpc) is 2.46. The summed E-state index contributed by atoms with van der Waals surface area (Å²) in [6.07, 6.45) is 3.62. The monoisotopic (exact) mass is 284 g/mol. The lowest BCUT2D eigenvalue weighted by Gasteiger charge is -2.39. The molecule has 5 nitrogen and oxygen atoms in total. The van der Waals surface area contributed by atoms with E-state index in [2.05, 4.69) is 16.8 Å². The molecule has 1 amide bonds. The van der Waals surface area contributed by atoms with Gasteiger partial charge in [-0.15, -0.1) is 0 Å². The van der Waals surface area contributed by atoms with Crippen LogP contribution in [0.2, 0.25) is 0 Å². The molecular weight excluding hydrogens is 264 g/mol. The fraction of sp³-hybridized carbons (Fsp3) is 0.375. The summed E-state index contributed by atoms with van der Waals surface area (Å²) < 4.78 is 0. The van der Waals surface area contributed by atoms with Crippen LogP contribution in [0.25, 0.3) is 10.9 Å². The largest absolute Gasteiger partial charge is 0.399 e. The Bertz CT molecular complexity index is 685. The highest BCUT2D eigenvalue weighted by Crippen LogP contribution is 2.32. The van der Waals surface area contributed by atoms with E-state index in [-0.39, 0.29) is 11.8 Å². The molecule has 1 aliphatic heterocycles. The SMILES string of the molecule is CC1CCC(C(N)=O)CN1c1ccnc2cc(N)ccc12. The number of aromatic nitrogens is 1. The van der Waals surface area contributed by atoms with Gasteiger partial charge in [-0.3, -0.25) is 9.78 Å². The van der Waals surface area contributed by atoms with E-state index >= 15 is 0 Å². The molecule has 3 rings (SSSR count). The second kappa shape index (κ2) is 5.24. The van der Waals surface area contributed by atoms with Gasteiger partial charge in [0.15, 0.2) is 0 Å². The first kappa shape index (κ1) is 13.7. The third-order valence-corrected chi connectivity index (χ3v) is 4.34. The third kappa shape index (κ3) is 2.51. The molecule has 4 N–H and O–H groups in total. The summed E-state index contributed by atoms with van der Waals surface area (Å²) in [5.74, 6) is -0.298. The second-order valence-electron chi connectivity index (χ2n) is 5.78. The number of amides is 1. The van der Waals surface area contributed by atoms with Crippen molar-refractivity contribution in [3.05, 3.63) is 30.5 Å². The molecule has 2 heterocycles. The van der Waals surface area contributed by atoms with Crippen LogP contribution in [0.4, 0.5) is 11.4 Å². The maximum Gasteiger partial charge on any atom is 0.222 e. The van der Waals surface area contributed by atoms with E-state index in [4.69, 9.17) is 11.5 Å². The molecule has 2 aromatic rings. The zero-order valence-corrected chi connectivity index (χ0v) is 12.1. The van der Waals surface area contributed by atoms with Crippen molar-refractivity contribution in [2.24, 2.45) is 11.7 Å². The number of piperidine rings is 1. The van der Waals surface area contributed by atoms with Crippen molar-refractivity contribution in [2.75, 3.05) is 17.2 Å². The van der Waals surface area contributed by atoms with Gasteiger partial charge in [-0.05, 0) is 44.0 Å². The van der Waals surface area contributed by atoms with E-state index in [1.54, 1.807) is 6.20 Å². The Balaban J connectivity index is 2.04. The van der Waals surface area contributed by atoms with Crippen LogP contribution < -0.4 is 16.4 Å². The van der Waals surface area contributed by atoms with E-state index < -0.39 is 0 Å². The Morgan fingerprint density at radius 3 is 2.90 bits per heavy atom. The van der Waals surface area contributed by atoms with Gasteiger partial charge in [-0.2, -0.15) is 0 Å². The molecule has 1 aromatic carbocycles. The molecule has 110 valence electrons. The van der Waals surface area contributed by atoms with Crippen LogP contribution in [0.15, 0.2) is 30.5 Å². The van der Waals surface area contributed by atoms with Crippen molar-refractivity contribution < 1.29 is 4.79 Å². The summed E-state index contributed by atoms with van der Waals surface area (Å²) in [6, 6.07) is 8.13. The van der Waals surface area contributed by atoms with Crippen molar-refractivity contribution in [2.45, 2.75) is 25.8 Å². The molecule has 0 aliphatic carbocycles. The zero-order valence-electron chi connectivity index (χ0n) is 12.1. The lowest BCUT2D eigenvalue weighted by atomic mass is 9.92. The average molecular weight is 284 g/mol. The standard InChI is InChI=1S/C16H20N4O/c1-10-2-3-11(16(18)21)9-20(10)15-6-7-19-14-8-12(17)4-5-13(14)15/h4-8,10-11H,2-3,9,17H2,1H3,(H2,18,21). The van der Waals surface area contributed by atoms with E-state index in [1.165, 1.54) is 0 Å². The van der Waals surface area contributed by atoms with Gasteiger partial charge in [0.1, 0.15) is 0 Å². The second-order valence-corrected chi connectivity index (χ2v) is 5.78. The molecule has 0 bridgehead atoms. The number of nitrogens with zero attached hydrogens (tertiary/aromatic N) is 2. The number of fused-ring (bicyclic) bond motifs is 1. The highest BCUT2D eigenvalue weighted by Gasteiger charge is 2.29. The molecule has 0 spiro atoms. The lowest BCUT2D eigenvalue weighted by molar-refractivity contribution is -0.122. The number of carbonyl (C=O) groups excluding carboxylic acids is 1. The van der Waals surface area contributed by atoms with Gasteiger partial charge in [0.2, 0.25) is 5.91 Å². The maximum atomic E-state index is 11.5. The van der Waals surface area contributed by atoms with Gasteiger partial charge in [0, 0.05) is 35.5 Å². The van der Waals surface area contributed by atoms with Gasteiger partial charge in [0.05, 0.1) is 11.4 Å². The predicted octanol–water partition coefficient (Wildman–Crippen LogP) is 1.91. The van der Waals surface area contributed by atoms with Gasteiger partial charge in [0.25, 0.3) is 0 Å². The molecule has 5 heteroatoms. The van der Waals surface area contributed by atoms with Crippen LogP contribution in [-0.2, 0) is 4.79 Å². The normalized spacial score (nSPS) is 22.4. The van der Waals surface area contributed by atoms with Gasteiger partial charge >= 0.3 is 0 Å². The van der Waals surface area contributed by atoms with Crippen molar-refractivity contribution in [3.63, 3.8) is 0 Å². The first-order valence-electron chi connectivity index (χ1n) is 7.26. The summed E-state index contributed by atoms with van der Waals surface area (Å²) in [5, 5.41) is 1.06. The molecule has 1 saturated heterocycles. The zero-order chi connectivity index (χ0) is 15.0. The third-order valence-electron chi connectivity index (χ3n) is 4.34. The van der Waals surface area contributed by atoms with Crippen LogP contribution in [0.1, 0.15) is 19.8 Å². The Kier molecular flexibility index (Phi) is 3.41. The van der Waals surface area contributed by atoms with Crippen molar-refractivity contribution >= 4 is 28.2 Å². The Hall–Kier alpha value is -2.30. The van der Waals surface area contributed by atoms with E-state index in [0.717, 1.165) is 29.4 Å². The quantitative estimate of drug-likeness (QED) is 0.825. The maximum absolute atomic E-state index is 11.5. The first-order chi connectivity index (χ1) is 10.1. The minimum absolute atomic E-state index is 0.0850. The number of anilines is 2. The van der Waals surface area contributed by atoms with Crippen LogP contribution in [-0.4, -0.2) is 23.5 Å². The van der Waals surface area contributed by atoms with Crippen LogP contribution in [0.5, 0.6) is 0 Å². The molecule has 1 fully saturated rings. The number of carbonyl (C=O) groups is 1. The summed E-state index contributed by atoms with van der Waals surface area (Å²) >= 11 is 0.